The summed E-state index contributed by atoms with van der Waals surface area (Å²) in [7, 11) is -1.27. The van der Waals surface area contributed by atoms with Crippen LogP contribution in [0.25, 0.3) is 11.0 Å². The van der Waals surface area contributed by atoms with Gasteiger partial charge in [-0.3, -0.25) is 9.29 Å². The first-order valence-corrected chi connectivity index (χ1v) is 8.93. The summed E-state index contributed by atoms with van der Waals surface area (Å²) in [5.74, 6) is -0.133. The largest absolute Gasteiger partial charge is 0.345 e. The molecule has 0 bridgehead atoms. The lowest BCUT2D eigenvalue weighted by Crippen LogP contribution is -2.58. The van der Waals surface area contributed by atoms with Crippen molar-refractivity contribution in [1.29, 1.82) is 0 Å². The average Bonchev–Trinajstić information content (AvgIpc) is 2.98. The summed E-state index contributed by atoms with van der Waals surface area (Å²) in [6.45, 7) is 1.29. The monoisotopic (exact) mass is 385 g/mol. The molecule has 10 nitrogen and oxygen atoms in total. The zero-order valence-corrected chi connectivity index (χ0v) is 15.5. The van der Waals surface area contributed by atoms with E-state index in [-0.39, 0.29) is 5.84 Å². The van der Waals surface area contributed by atoms with Crippen LogP contribution in [0.3, 0.4) is 0 Å². The zero-order chi connectivity index (χ0) is 18.8. The van der Waals surface area contributed by atoms with E-state index in [1.54, 1.807) is 24.3 Å². The van der Waals surface area contributed by atoms with E-state index >= 15 is 0 Å². The summed E-state index contributed by atoms with van der Waals surface area (Å²) < 4.78 is 29.8. The van der Waals surface area contributed by atoms with Crippen LogP contribution >= 0.6 is 12.8 Å². The van der Waals surface area contributed by atoms with Gasteiger partial charge in [0, 0.05) is 14.1 Å². The molecule has 0 aliphatic heterocycles. The second-order valence-corrected chi connectivity index (χ2v) is 8.24. The number of thiol groups is 1. The zero-order valence-electron chi connectivity index (χ0n) is 13.8. The highest BCUT2D eigenvalue weighted by molar-refractivity contribution is 7.91. The SMILES string of the molecule is CN(C)S(=O)(=O)C(C)(N)/C(=N/NC(=O)NS)n1cnc2ccccc21. The number of urea groups is 1. The highest BCUT2D eigenvalue weighted by Gasteiger charge is 2.44. The lowest BCUT2D eigenvalue weighted by Gasteiger charge is -2.29. The van der Waals surface area contributed by atoms with Crippen LogP contribution in [0.4, 0.5) is 4.79 Å². The maximum atomic E-state index is 12.7. The highest BCUT2D eigenvalue weighted by atomic mass is 32.2. The topological polar surface area (TPSA) is 135 Å². The fourth-order valence-electron chi connectivity index (χ4n) is 2.16. The number of nitrogens with zero attached hydrogens (tertiary/aromatic N) is 4. The Bertz CT molecular complexity index is 919. The number of hydrazone groups is 1. The van der Waals surface area contributed by atoms with Crippen LogP contribution in [0.5, 0.6) is 0 Å². The molecule has 0 spiro atoms. The Kier molecular flexibility index (Phi) is 5.37. The Labute approximate surface area is 150 Å². The number of hydrogen-bond donors (Lipinski definition) is 4. The fourth-order valence-corrected chi connectivity index (χ4v) is 3.34. The third-order valence-electron chi connectivity index (χ3n) is 3.51. The molecule has 136 valence electrons. The van der Waals surface area contributed by atoms with Gasteiger partial charge < -0.3 is 5.73 Å². The molecule has 2 amide bonds. The molecule has 1 heterocycles. The number of hydrogen-bond acceptors (Lipinski definition) is 7. The normalized spacial score (nSPS) is 15.2. The minimum atomic E-state index is -3.98. The summed E-state index contributed by atoms with van der Waals surface area (Å²) in [6, 6.07) is 6.30. The molecule has 25 heavy (non-hydrogen) atoms. The van der Waals surface area contributed by atoms with Gasteiger partial charge in [0.1, 0.15) is 6.33 Å². The number of amides is 2. The van der Waals surface area contributed by atoms with Crippen LogP contribution < -0.4 is 15.9 Å². The minimum absolute atomic E-state index is 0.133. The van der Waals surface area contributed by atoms with Gasteiger partial charge in [-0.2, -0.15) is 5.10 Å². The number of fused-ring (bicyclic) bond motifs is 1. The standard InChI is InChI=1S/C13H19N7O3S2/c1-13(14,25(22,23)19(2)3)11(16-17-12(21)18-24)20-8-15-9-6-4-5-7-10(9)20/h4-8,24H,14H2,1-3H3,(H2,17,18,21)/b16-11-. The number of rotatable bonds is 4. The van der Waals surface area contributed by atoms with Crippen LogP contribution in [-0.2, 0) is 10.0 Å². The second kappa shape index (κ2) is 7.00. The van der Waals surface area contributed by atoms with Gasteiger partial charge in [-0.25, -0.2) is 27.9 Å². The maximum Gasteiger partial charge on any atom is 0.345 e. The average molecular weight is 385 g/mol. The molecule has 0 saturated heterocycles. The van der Waals surface area contributed by atoms with Gasteiger partial charge in [0.2, 0.25) is 10.0 Å². The number of nitrogens with two attached hydrogens (primary N) is 1. The molecule has 12 heteroatoms. The molecule has 2 rings (SSSR count). The lowest BCUT2D eigenvalue weighted by atomic mass is 10.2. The Hall–Kier alpha value is -2.15. The van der Waals surface area contributed by atoms with Crippen molar-refractivity contribution in [3.63, 3.8) is 0 Å². The van der Waals surface area contributed by atoms with E-state index in [1.165, 1.54) is 31.9 Å². The van der Waals surface area contributed by atoms with Crippen molar-refractivity contribution >= 4 is 45.7 Å². The lowest BCUT2D eigenvalue weighted by molar-refractivity contribution is 0.247. The smallest absolute Gasteiger partial charge is 0.305 e. The van der Waals surface area contributed by atoms with Crippen molar-refractivity contribution < 1.29 is 13.2 Å². The van der Waals surface area contributed by atoms with E-state index in [9.17, 15) is 13.2 Å². The summed E-state index contributed by atoms with van der Waals surface area (Å²) in [5.41, 5.74) is 9.50. The van der Waals surface area contributed by atoms with Gasteiger partial charge in [0.15, 0.2) is 10.7 Å². The summed E-state index contributed by atoms with van der Waals surface area (Å²) in [6.07, 6.45) is 1.39. The molecule has 2 aromatic rings. The molecule has 1 atom stereocenters. The van der Waals surface area contributed by atoms with Crippen molar-refractivity contribution in [3.05, 3.63) is 30.6 Å². The van der Waals surface area contributed by atoms with Crippen LogP contribution in [0.2, 0.25) is 0 Å². The van der Waals surface area contributed by atoms with Gasteiger partial charge in [-0.15, -0.1) is 0 Å². The van der Waals surface area contributed by atoms with Gasteiger partial charge >= 0.3 is 6.03 Å². The van der Waals surface area contributed by atoms with Gasteiger partial charge in [0.25, 0.3) is 0 Å². The van der Waals surface area contributed by atoms with Crippen molar-refractivity contribution in [2.45, 2.75) is 11.8 Å². The van der Waals surface area contributed by atoms with Crippen molar-refractivity contribution in [2.24, 2.45) is 10.8 Å². The third kappa shape index (κ3) is 3.46. The highest BCUT2D eigenvalue weighted by Crippen LogP contribution is 2.21. The van der Waals surface area contributed by atoms with Crippen molar-refractivity contribution in [2.75, 3.05) is 14.1 Å². The Morgan fingerprint density at radius 2 is 2.04 bits per heavy atom. The molecule has 0 saturated carbocycles. The van der Waals surface area contributed by atoms with E-state index < -0.39 is 20.9 Å². The van der Waals surface area contributed by atoms with Crippen LogP contribution in [0, 0.1) is 0 Å². The Morgan fingerprint density at radius 1 is 1.40 bits per heavy atom. The Balaban J connectivity index is 2.68. The van der Waals surface area contributed by atoms with E-state index in [4.69, 9.17) is 5.73 Å². The van der Waals surface area contributed by atoms with E-state index in [0.29, 0.717) is 11.0 Å². The predicted molar refractivity (Wildman–Crippen MR) is 98.4 cm³/mol. The molecule has 0 radical (unpaired) electrons. The number of para-hydroxylation sites is 2. The number of imidazole rings is 1. The quantitative estimate of drug-likeness (QED) is 0.252. The van der Waals surface area contributed by atoms with Gasteiger partial charge in [0.05, 0.1) is 11.0 Å². The molecular formula is C13H19N7O3S2. The van der Waals surface area contributed by atoms with E-state index in [2.05, 4.69) is 28.3 Å². The molecule has 0 aliphatic rings. The van der Waals surface area contributed by atoms with Gasteiger partial charge in [-0.1, -0.05) is 24.9 Å². The van der Waals surface area contributed by atoms with E-state index in [1.807, 2.05) is 4.72 Å². The van der Waals surface area contributed by atoms with Gasteiger partial charge in [-0.05, 0) is 19.1 Å². The van der Waals surface area contributed by atoms with Crippen LogP contribution in [-0.4, -0.2) is 53.1 Å². The predicted octanol–water partition coefficient (Wildman–Crippen LogP) is -0.0918. The summed E-state index contributed by atoms with van der Waals surface area (Å²) in [5, 5.41) is 3.91. The molecule has 1 aromatic heterocycles. The third-order valence-corrected chi connectivity index (χ3v) is 5.93. The van der Waals surface area contributed by atoms with Crippen LogP contribution in [0.1, 0.15) is 6.92 Å². The number of benzene rings is 1. The first-order valence-electron chi connectivity index (χ1n) is 7.04. The number of sulfonamides is 1. The van der Waals surface area contributed by atoms with Crippen molar-refractivity contribution in [3.8, 4) is 0 Å². The minimum Gasteiger partial charge on any atom is -0.305 e. The maximum absolute atomic E-state index is 12.7. The molecule has 1 unspecified atom stereocenters. The summed E-state index contributed by atoms with van der Waals surface area (Å²) in [4.78, 5) is 13.7. The molecule has 0 aliphatic carbocycles. The number of carbonyl (C=O) groups is 1. The van der Waals surface area contributed by atoms with Crippen LogP contribution in [0.15, 0.2) is 35.7 Å². The molecule has 4 N–H and O–H groups in total. The first-order chi connectivity index (χ1) is 11.6. The Morgan fingerprint density at radius 3 is 2.64 bits per heavy atom. The number of nitrogens with one attached hydrogen (secondary N) is 2. The summed E-state index contributed by atoms with van der Waals surface area (Å²) >= 11 is 3.61. The second-order valence-electron chi connectivity index (χ2n) is 5.49. The fraction of sp³-hybridized carbons (Fsp3) is 0.308. The molecular weight excluding hydrogens is 366 g/mol. The first kappa shape index (κ1) is 19.2. The van der Waals surface area contributed by atoms with E-state index in [0.717, 1.165) is 4.31 Å². The number of carbonyl (C=O) groups excluding carboxylic acids is 1. The molecule has 0 fully saturated rings. The molecule has 1 aromatic carbocycles. The van der Waals surface area contributed by atoms with Crippen molar-refractivity contribution in [1.82, 2.24) is 24.0 Å². The number of aromatic nitrogens is 2.